The Morgan fingerprint density at radius 2 is 1.77 bits per heavy atom. The molecule has 2 fully saturated rings. The van der Waals surface area contributed by atoms with Gasteiger partial charge in [-0.3, -0.25) is 4.79 Å². The number of nitrogens with zero attached hydrogens (tertiary/aromatic N) is 1. The number of likely N-dealkylation sites (N-methyl/N-ethyl adjacent to an activating group) is 1. The molecule has 0 saturated carbocycles. The fraction of sp³-hybridized carbons (Fsp3) is 0.654. The van der Waals surface area contributed by atoms with Gasteiger partial charge in [-0.15, -0.1) is 0 Å². The molecular weight excluding hydrogens is 452 g/mol. The third-order valence-electron chi connectivity index (χ3n) is 5.99. The molecule has 2 amide bonds. The second-order valence-electron chi connectivity index (χ2n) is 11.4. The molecule has 2 heterocycles. The van der Waals surface area contributed by atoms with E-state index in [4.69, 9.17) is 18.9 Å². The van der Waals surface area contributed by atoms with Gasteiger partial charge in [0, 0.05) is 13.5 Å². The van der Waals surface area contributed by atoms with Crippen LogP contribution in [-0.2, 0) is 35.0 Å². The van der Waals surface area contributed by atoms with Crippen LogP contribution in [0.5, 0.6) is 0 Å². The lowest BCUT2D eigenvalue weighted by Gasteiger charge is -2.37. The van der Waals surface area contributed by atoms with E-state index >= 15 is 0 Å². The number of alkyl carbamates (subject to hydrolysis) is 1. The summed E-state index contributed by atoms with van der Waals surface area (Å²) in [5.74, 6) is -1.32. The molecule has 194 valence electrons. The number of ether oxygens (including phenoxy) is 4. The number of hydrogen-bond donors (Lipinski definition) is 1. The lowest BCUT2D eigenvalue weighted by Crippen LogP contribution is -2.61. The molecule has 2 aliphatic heterocycles. The summed E-state index contributed by atoms with van der Waals surface area (Å²) < 4.78 is 23.2. The zero-order chi connectivity index (χ0) is 26.2. The first-order valence-corrected chi connectivity index (χ1v) is 11.9. The fourth-order valence-electron chi connectivity index (χ4n) is 4.41. The number of carbonyl (C=O) groups excluding carboxylic acids is 3. The van der Waals surface area contributed by atoms with Crippen molar-refractivity contribution in [2.75, 3.05) is 13.7 Å². The fourth-order valence-corrected chi connectivity index (χ4v) is 4.41. The van der Waals surface area contributed by atoms with Crippen molar-refractivity contribution in [2.45, 2.75) is 96.0 Å². The Morgan fingerprint density at radius 3 is 2.31 bits per heavy atom. The largest absolute Gasteiger partial charge is 0.461 e. The molecule has 0 radical (unpaired) electrons. The topological polar surface area (TPSA) is 103 Å². The van der Waals surface area contributed by atoms with Gasteiger partial charge in [0.2, 0.25) is 0 Å². The molecule has 1 N–H and O–H groups in total. The lowest BCUT2D eigenvalue weighted by molar-refractivity contribution is -0.188. The first-order chi connectivity index (χ1) is 16.1. The number of esters is 1. The van der Waals surface area contributed by atoms with Crippen molar-refractivity contribution < 1.29 is 33.3 Å². The number of benzene rings is 1. The highest BCUT2D eigenvalue weighted by atomic mass is 16.6. The Labute approximate surface area is 207 Å². The molecule has 9 nitrogen and oxygen atoms in total. The van der Waals surface area contributed by atoms with Crippen molar-refractivity contribution >= 4 is 18.0 Å². The Balaban J connectivity index is 1.79. The quantitative estimate of drug-likeness (QED) is 0.462. The Kier molecular flexibility index (Phi) is 7.26. The van der Waals surface area contributed by atoms with E-state index in [0.29, 0.717) is 12.8 Å². The number of rotatable bonds is 7. The summed E-state index contributed by atoms with van der Waals surface area (Å²) in [7, 11) is 1.60. The second kappa shape index (κ2) is 9.43. The minimum atomic E-state index is -1.89. The van der Waals surface area contributed by atoms with Crippen molar-refractivity contribution in [1.29, 1.82) is 0 Å². The minimum absolute atomic E-state index is 0.173. The van der Waals surface area contributed by atoms with E-state index in [9.17, 15) is 14.4 Å². The van der Waals surface area contributed by atoms with Crippen molar-refractivity contribution in [3.8, 4) is 0 Å². The van der Waals surface area contributed by atoms with E-state index in [-0.39, 0.29) is 6.61 Å². The van der Waals surface area contributed by atoms with Gasteiger partial charge in [0.15, 0.2) is 0 Å². The molecular formula is C26H38N2O7. The van der Waals surface area contributed by atoms with Crippen molar-refractivity contribution in [3.05, 3.63) is 35.9 Å². The first kappa shape index (κ1) is 26.9. The number of hydrogen-bond acceptors (Lipinski definition) is 7. The number of piperidine rings is 1. The molecule has 4 atom stereocenters. The second-order valence-corrected chi connectivity index (χ2v) is 11.4. The molecule has 2 aliphatic rings. The van der Waals surface area contributed by atoms with Gasteiger partial charge in [0.05, 0.1) is 11.6 Å². The van der Waals surface area contributed by atoms with Gasteiger partial charge in [-0.05, 0) is 60.5 Å². The van der Waals surface area contributed by atoms with Crippen LogP contribution in [0.3, 0.4) is 0 Å². The molecule has 3 rings (SSSR count). The van der Waals surface area contributed by atoms with Crippen molar-refractivity contribution in [3.63, 3.8) is 0 Å². The van der Waals surface area contributed by atoms with Crippen LogP contribution in [0.1, 0.15) is 60.5 Å². The molecule has 0 spiro atoms. The summed E-state index contributed by atoms with van der Waals surface area (Å²) in [6.45, 7) is 12.5. The Bertz CT molecular complexity index is 953. The summed E-state index contributed by atoms with van der Waals surface area (Å²) in [4.78, 5) is 40.6. The molecule has 1 aromatic rings. The number of amides is 2. The SMILES string of the molecule is CN1C(=O)[C@@]2(C(=O)OC[C@H](Cc3ccccc3)NC(=O)OC(C)(C)C)O[C@]1(C)C[C@H]2OC(C)(C)C. The number of nitrogens with one attached hydrogen (secondary N) is 1. The van der Waals surface area contributed by atoms with Gasteiger partial charge in [-0.1, -0.05) is 30.3 Å². The molecule has 0 aliphatic carbocycles. The summed E-state index contributed by atoms with van der Waals surface area (Å²) in [5.41, 5.74) is -3.20. The van der Waals surface area contributed by atoms with Gasteiger partial charge in [-0.25, -0.2) is 9.59 Å². The van der Waals surface area contributed by atoms with Crippen LogP contribution in [0.25, 0.3) is 0 Å². The van der Waals surface area contributed by atoms with E-state index < -0.39 is 52.6 Å². The van der Waals surface area contributed by atoms with E-state index in [1.54, 1.807) is 34.7 Å². The maximum absolute atomic E-state index is 13.5. The Hall–Kier alpha value is -2.65. The molecule has 1 aromatic carbocycles. The van der Waals surface area contributed by atoms with Gasteiger partial charge in [-0.2, -0.15) is 0 Å². The summed E-state index contributed by atoms with van der Waals surface area (Å²) in [6, 6.07) is 8.91. The van der Waals surface area contributed by atoms with Gasteiger partial charge >= 0.3 is 12.1 Å². The van der Waals surface area contributed by atoms with Crippen LogP contribution in [-0.4, -0.2) is 71.2 Å². The lowest BCUT2D eigenvalue weighted by atomic mass is 9.88. The summed E-state index contributed by atoms with van der Waals surface area (Å²) >= 11 is 0. The minimum Gasteiger partial charge on any atom is -0.461 e. The van der Waals surface area contributed by atoms with Gasteiger partial charge < -0.3 is 29.2 Å². The standard InChI is InChI=1S/C26H38N2O7/c1-23(2,3)33-19-15-25(7)28(8)20(29)26(19,35-25)21(30)32-16-18(14-17-12-10-9-11-13-17)27-22(31)34-24(4,5)6/h9-13,18-19H,14-16H2,1-8H3,(H,27,31)/t18-,19+,25+,26-/m0/s1. The summed E-state index contributed by atoms with van der Waals surface area (Å²) in [5, 5.41) is 2.78. The number of carbonyl (C=O) groups is 3. The Morgan fingerprint density at radius 1 is 1.14 bits per heavy atom. The average Bonchev–Trinajstić information content (AvgIpc) is 3.11. The van der Waals surface area contributed by atoms with E-state index in [1.165, 1.54) is 4.90 Å². The normalized spacial score (nSPS) is 27.0. The van der Waals surface area contributed by atoms with Crippen LogP contribution in [0.15, 0.2) is 30.3 Å². The maximum Gasteiger partial charge on any atom is 0.408 e. The zero-order valence-electron chi connectivity index (χ0n) is 22.0. The van der Waals surface area contributed by atoms with Crippen LogP contribution in [0.4, 0.5) is 4.79 Å². The van der Waals surface area contributed by atoms with Crippen molar-refractivity contribution in [2.24, 2.45) is 0 Å². The molecule has 0 unspecified atom stereocenters. The van der Waals surface area contributed by atoms with E-state index in [0.717, 1.165) is 5.56 Å². The van der Waals surface area contributed by atoms with E-state index in [1.807, 2.05) is 51.1 Å². The predicted octanol–water partition coefficient (Wildman–Crippen LogP) is 3.20. The van der Waals surface area contributed by atoms with Crippen LogP contribution >= 0.6 is 0 Å². The average molecular weight is 491 g/mol. The molecule has 2 bridgehead atoms. The number of fused-ring (bicyclic) bond motifs is 2. The maximum atomic E-state index is 13.5. The zero-order valence-corrected chi connectivity index (χ0v) is 22.0. The highest BCUT2D eigenvalue weighted by molar-refractivity contribution is 6.09. The van der Waals surface area contributed by atoms with E-state index in [2.05, 4.69) is 5.32 Å². The monoisotopic (exact) mass is 490 g/mol. The van der Waals surface area contributed by atoms with Gasteiger partial charge in [0.25, 0.3) is 11.5 Å². The van der Waals surface area contributed by atoms with Crippen LogP contribution in [0, 0.1) is 0 Å². The predicted molar refractivity (Wildman–Crippen MR) is 128 cm³/mol. The summed E-state index contributed by atoms with van der Waals surface area (Å²) in [6.07, 6.45) is -0.682. The third kappa shape index (κ3) is 5.95. The third-order valence-corrected chi connectivity index (χ3v) is 5.99. The van der Waals surface area contributed by atoms with Crippen molar-refractivity contribution in [1.82, 2.24) is 10.2 Å². The molecule has 35 heavy (non-hydrogen) atoms. The number of likely N-dealkylation sites (tertiary alicyclic amines) is 1. The van der Waals surface area contributed by atoms with Gasteiger partial charge in [0.1, 0.15) is 24.0 Å². The molecule has 0 aromatic heterocycles. The highest BCUT2D eigenvalue weighted by Gasteiger charge is 2.74. The van der Waals surface area contributed by atoms with Crippen LogP contribution in [0.2, 0.25) is 0 Å². The first-order valence-electron chi connectivity index (χ1n) is 11.9. The molecule has 2 saturated heterocycles. The highest BCUT2D eigenvalue weighted by Crippen LogP contribution is 2.50. The molecule has 9 heteroatoms. The smallest absolute Gasteiger partial charge is 0.408 e. The van der Waals surface area contributed by atoms with Crippen LogP contribution < -0.4 is 5.32 Å².